The van der Waals surface area contributed by atoms with Gasteiger partial charge in [0.25, 0.3) is 0 Å². The van der Waals surface area contributed by atoms with Crippen LogP contribution in [-0.4, -0.2) is 20.8 Å². The SMILES string of the molecule is CCC(=O)c1nnn(-c2cccc3ccccc23)c1CC. The fourth-order valence-corrected chi connectivity index (χ4v) is 2.59. The quantitative estimate of drug-likeness (QED) is 0.686. The lowest BCUT2D eigenvalue weighted by atomic mass is 10.1. The number of aromatic nitrogens is 3. The summed E-state index contributed by atoms with van der Waals surface area (Å²) >= 11 is 0. The minimum Gasteiger partial charge on any atom is -0.292 e. The molecule has 4 heteroatoms. The maximum absolute atomic E-state index is 12.0. The van der Waals surface area contributed by atoms with Crippen molar-refractivity contribution in [3.05, 3.63) is 53.9 Å². The zero-order chi connectivity index (χ0) is 14.8. The van der Waals surface area contributed by atoms with Crippen LogP contribution in [0.2, 0.25) is 0 Å². The van der Waals surface area contributed by atoms with Gasteiger partial charge in [0, 0.05) is 11.8 Å². The Bertz CT molecular complexity index is 799. The van der Waals surface area contributed by atoms with Crippen LogP contribution in [0.4, 0.5) is 0 Å². The van der Waals surface area contributed by atoms with E-state index in [4.69, 9.17) is 0 Å². The molecule has 0 bridgehead atoms. The maximum Gasteiger partial charge on any atom is 0.184 e. The van der Waals surface area contributed by atoms with Crippen LogP contribution < -0.4 is 0 Å². The minimum absolute atomic E-state index is 0.0401. The number of rotatable bonds is 4. The Kier molecular flexibility index (Phi) is 3.52. The van der Waals surface area contributed by atoms with Crippen molar-refractivity contribution in [2.45, 2.75) is 26.7 Å². The minimum atomic E-state index is 0.0401. The van der Waals surface area contributed by atoms with Gasteiger partial charge in [-0.2, -0.15) is 0 Å². The average molecular weight is 279 g/mol. The van der Waals surface area contributed by atoms with Crippen molar-refractivity contribution in [2.24, 2.45) is 0 Å². The van der Waals surface area contributed by atoms with Crippen molar-refractivity contribution in [1.82, 2.24) is 15.0 Å². The first-order valence-electron chi connectivity index (χ1n) is 7.22. The predicted octanol–water partition coefficient (Wildman–Crippen LogP) is 3.58. The molecule has 3 aromatic rings. The first kappa shape index (κ1) is 13.5. The van der Waals surface area contributed by atoms with Crippen molar-refractivity contribution in [2.75, 3.05) is 0 Å². The van der Waals surface area contributed by atoms with Crippen molar-refractivity contribution >= 4 is 16.6 Å². The molecule has 0 aliphatic rings. The Morgan fingerprint density at radius 1 is 1.10 bits per heavy atom. The molecule has 1 heterocycles. The molecule has 106 valence electrons. The summed E-state index contributed by atoms with van der Waals surface area (Å²) in [5.41, 5.74) is 2.33. The highest BCUT2D eigenvalue weighted by molar-refractivity contribution is 5.95. The summed E-state index contributed by atoms with van der Waals surface area (Å²) in [6.45, 7) is 3.87. The lowest BCUT2D eigenvalue weighted by Gasteiger charge is -2.09. The normalized spacial score (nSPS) is 11.0. The summed E-state index contributed by atoms with van der Waals surface area (Å²) in [5.74, 6) is 0.0401. The summed E-state index contributed by atoms with van der Waals surface area (Å²) < 4.78 is 1.80. The standard InChI is InChI=1S/C17H17N3O/c1-3-14-17(16(21)4-2)18-19-20(14)15-11-7-9-12-8-5-6-10-13(12)15/h5-11H,3-4H2,1-2H3. The lowest BCUT2D eigenvalue weighted by Crippen LogP contribution is -2.06. The van der Waals surface area contributed by atoms with Crippen LogP contribution in [0.1, 0.15) is 36.5 Å². The molecule has 0 atom stereocenters. The molecule has 1 aromatic heterocycles. The zero-order valence-electron chi connectivity index (χ0n) is 12.2. The van der Waals surface area contributed by atoms with Crippen LogP contribution >= 0.6 is 0 Å². The molecule has 0 spiro atoms. The first-order valence-corrected chi connectivity index (χ1v) is 7.22. The Morgan fingerprint density at radius 2 is 1.86 bits per heavy atom. The second-order valence-electron chi connectivity index (χ2n) is 4.93. The van der Waals surface area contributed by atoms with E-state index in [0.29, 0.717) is 12.1 Å². The van der Waals surface area contributed by atoms with Crippen molar-refractivity contribution in [3.8, 4) is 5.69 Å². The molecule has 0 radical (unpaired) electrons. The Morgan fingerprint density at radius 3 is 2.62 bits per heavy atom. The van der Waals surface area contributed by atoms with E-state index in [1.807, 2.05) is 38.1 Å². The molecule has 0 N–H and O–H groups in total. The van der Waals surface area contributed by atoms with Gasteiger partial charge in [-0.3, -0.25) is 4.79 Å². The molecule has 0 aliphatic heterocycles. The van der Waals surface area contributed by atoms with Crippen LogP contribution in [0.5, 0.6) is 0 Å². The fraction of sp³-hybridized carbons (Fsp3) is 0.235. The Balaban J connectivity index is 2.24. The molecule has 0 aliphatic carbocycles. The number of ketones is 1. The predicted molar refractivity (Wildman–Crippen MR) is 82.9 cm³/mol. The number of carbonyl (C=O) groups excluding carboxylic acids is 1. The Hall–Kier alpha value is -2.49. The topological polar surface area (TPSA) is 47.8 Å². The van der Waals surface area contributed by atoms with Crippen LogP contribution in [0, 0.1) is 0 Å². The van der Waals surface area contributed by atoms with Gasteiger partial charge in [0.05, 0.1) is 11.4 Å². The van der Waals surface area contributed by atoms with E-state index in [1.54, 1.807) is 4.68 Å². The van der Waals surface area contributed by atoms with Crippen molar-refractivity contribution in [1.29, 1.82) is 0 Å². The van der Waals surface area contributed by atoms with E-state index in [-0.39, 0.29) is 5.78 Å². The second kappa shape index (κ2) is 5.48. The van der Waals surface area contributed by atoms with E-state index >= 15 is 0 Å². The number of hydrogen-bond acceptors (Lipinski definition) is 3. The molecule has 3 rings (SSSR count). The van der Waals surface area contributed by atoms with Gasteiger partial charge in [0.15, 0.2) is 11.5 Å². The summed E-state index contributed by atoms with van der Waals surface area (Å²) in [6, 6.07) is 14.2. The monoisotopic (exact) mass is 279 g/mol. The van der Waals surface area contributed by atoms with E-state index in [1.165, 1.54) is 0 Å². The number of Topliss-reactive ketones (excluding diaryl/α,β-unsaturated/α-hetero) is 1. The number of benzene rings is 2. The van der Waals surface area contributed by atoms with Gasteiger partial charge in [-0.25, -0.2) is 4.68 Å². The van der Waals surface area contributed by atoms with Gasteiger partial charge >= 0.3 is 0 Å². The van der Waals surface area contributed by atoms with E-state index in [9.17, 15) is 4.79 Å². The van der Waals surface area contributed by atoms with E-state index in [2.05, 4.69) is 28.5 Å². The number of hydrogen-bond donors (Lipinski definition) is 0. The van der Waals surface area contributed by atoms with Gasteiger partial charge < -0.3 is 0 Å². The molecule has 0 amide bonds. The second-order valence-corrected chi connectivity index (χ2v) is 4.93. The van der Waals surface area contributed by atoms with Crippen molar-refractivity contribution in [3.63, 3.8) is 0 Å². The number of fused-ring (bicyclic) bond motifs is 1. The maximum atomic E-state index is 12.0. The Labute approximate surface area is 123 Å². The largest absolute Gasteiger partial charge is 0.292 e. The summed E-state index contributed by atoms with van der Waals surface area (Å²) in [4.78, 5) is 12.0. The van der Waals surface area contributed by atoms with E-state index < -0.39 is 0 Å². The lowest BCUT2D eigenvalue weighted by molar-refractivity contribution is 0.0982. The van der Waals surface area contributed by atoms with Crippen molar-refractivity contribution < 1.29 is 4.79 Å². The fourth-order valence-electron chi connectivity index (χ4n) is 2.59. The molecule has 2 aromatic carbocycles. The highest BCUT2D eigenvalue weighted by Gasteiger charge is 2.18. The molecular weight excluding hydrogens is 262 g/mol. The first-order chi connectivity index (χ1) is 10.3. The highest BCUT2D eigenvalue weighted by atomic mass is 16.1. The number of nitrogens with zero attached hydrogens (tertiary/aromatic N) is 3. The van der Waals surface area contributed by atoms with Gasteiger partial charge in [0.1, 0.15) is 0 Å². The van der Waals surface area contributed by atoms with E-state index in [0.717, 1.165) is 28.6 Å². The van der Waals surface area contributed by atoms with Gasteiger partial charge in [-0.15, -0.1) is 5.10 Å². The van der Waals surface area contributed by atoms with Crippen LogP contribution in [0.25, 0.3) is 16.5 Å². The average Bonchev–Trinajstić information content (AvgIpc) is 2.97. The summed E-state index contributed by atoms with van der Waals surface area (Å²) in [7, 11) is 0. The molecule has 0 unspecified atom stereocenters. The zero-order valence-corrected chi connectivity index (χ0v) is 12.2. The molecule has 0 fully saturated rings. The molecule has 0 saturated carbocycles. The van der Waals surface area contributed by atoms with Gasteiger partial charge in [0.2, 0.25) is 0 Å². The molecule has 4 nitrogen and oxygen atoms in total. The summed E-state index contributed by atoms with van der Waals surface area (Å²) in [5, 5.41) is 10.6. The third kappa shape index (κ3) is 2.23. The van der Waals surface area contributed by atoms with Crippen LogP contribution in [0.15, 0.2) is 42.5 Å². The molecule has 0 saturated heterocycles. The summed E-state index contributed by atoms with van der Waals surface area (Å²) in [6.07, 6.45) is 1.17. The smallest absolute Gasteiger partial charge is 0.184 e. The molecule has 21 heavy (non-hydrogen) atoms. The van der Waals surface area contributed by atoms with Gasteiger partial charge in [-0.1, -0.05) is 55.5 Å². The van der Waals surface area contributed by atoms with Crippen LogP contribution in [-0.2, 0) is 6.42 Å². The number of carbonyl (C=O) groups is 1. The third-order valence-electron chi connectivity index (χ3n) is 3.68. The molecular formula is C17H17N3O. The third-order valence-corrected chi connectivity index (χ3v) is 3.68. The van der Waals surface area contributed by atoms with Gasteiger partial charge in [-0.05, 0) is 17.9 Å². The van der Waals surface area contributed by atoms with Crippen LogP contribution in [0.3, 0.4) is 0 Å². The highest BCUT2D eigenvalue weighted by Crippen LogP contribution is 2.24.